The first kappa shape index (κ1) is 12.2. The van der Waals surface area contributed by atoms with Gasteiger partial charge in [0.15, 0.2) is 17.3 Å². The zero-order valence-corrected chi connectivity index (χ0v) is 9.60. The van der Waals surface area contributed by atoms with E-state index in [9.17, 15) is 9.18 Å². The monoisotopic (exact) mass is 254 g/mol. The van der Waals surface area contributed by atoms with Gasteiger partial charge in [-0.1, -0.05) is 0 Å². The third-order valence-corrected chi connectivity index (χ3v) is 2.41. The molecule has 96 valence electrons. The summed E-state index contributed by atoms with van der Waals surface area (Å²) in [4.78, 5) is 10.9. The van der Waals surface area contributed by atoms with Crippen LogP contribution in [0.15, 0.2) is 18.4 Å². The lowest BCUT2D eigenvalue weighted by Gasteiger charge is -2.18. The number of ether oxygens (including phenoxy) is 3. The molecule has 0 aliphatic carbocycles. The topological polar surface area (TPSA) is 65.0 Å². The van der Waals surface area contributed by atoms with Gasteiger partial charge in [0.25, 0.3) is 0 Å². The van der Waals surface area contributed by atoms with Crippen molar-refractivity contribution in [1.29, 1.82) is 0 Å². The van der Waals surface area contributed by atoms with Crippen molar-refractivity contribution in [3.8, 4) is 5.75 Å². The average Bonchev–Trinajstić information content (AvgIpc) is 2.38. The van der Waals surface area contributed by atoms with Crippen LogP contribution in [0.25, 0.3) is 5.76 Å². The number of carboxylic acids is 1. The van der Waals surface area contributed by atoms with Gasteiger partial charge in [0.05, 0.1) is 18.2 Å². The fraction of sp³-hybridized carbons (Fsp3) is 0.250. The largest absolute Gasteiger partial charge is 0.494 e. The second-order valence-corrected chi connectivity index (χ2v) is 3.55. The Labute approximate surface area is 102 Å². The maximum atomic E-state index is 13.7. The quantitative estimate of drug-likeness (QED) is 0.892. The Bertz CT molecular complexity index is 509. The van der Waals surface area contributed by atoms with Gasteiger partial charge in [0.1, 0.15) is 19.5 Å². The van der Waals surface area contributed by atoms with Crippen LogP contribution in [-0.2, 0) is 9.47 Å². The maximum absolute atomic E-state index is 13.7. The lowest BCUT2D eigenvalue weighted by Crippen LogP contribution is -2.10. The van der Waals surface area contributed by atoms with Crippen molar-refractivity contribution in [3.05, 3.63) is 35.3 Å². The van der Waals surface area contributed by atoms with E-state index in [0.29, 0.717) is 13.2 Å². The molecule has 1 aromatic rings. The van der Waals surface area contributed by atoms with Crippen LogP contribution in [0.5, 0.6) is 5.75 Å². The Morgan fingerprint density at radius 1 is 1.44 bits per heavy atom. The Morgan fingerprint density at radius 3 is 2.78 bits per heavy atom. The molecule has 1 heterocycles. The number of benzene rings is 1. The Hall–Kier alpha value is -2.24. The Morgan fingerprint density at radius 2 is 2.22 bits per heavy atom. The van der Waals surface area contributed by atoms with E-state index in [1.807, 2.05) is 0 Å². The molecule has 0 fully saturated rings. The van der Waals surface area contributed by atoms with Gasteiger partial charge in [-0.25, -0.2) is 9.18 Å². The predicted molar refractivity (Wildman–Crippen MR) is 59.8 cm³/mol. The zero-order valence-electron chi connectivity index (χ0n) is 9.60. The fourth-order valence-electron chi connectivity index (χ4n) is 1.62. The normalized spacial score (nSPS) is 14.2. The average molecular weight is 254 g/mol. The van der Waals surface area contributed by atoms with Crippen molar-refractivity contribution < 1.29 is 28.5 Å². The summed E-state index contributed by atoms with van der Waals surface area (Å²) >= 11 is 0. The lowest BCUT2D eigenvalue weighted by molar-refractivity contribution is 0.0696. The predicted octanol–water partition coefficient (Wildman–Crippen LogP) is 1.88. The van der Waals surface area contributed by atoms with Gasteiger partial charge in [-0.2, -0.15) is 0 Å². The van der Waals surface area contributed by atoms with Crippen molar-refractivity contribution in [1.82, 2.24) is 0 Å². The first-order chi connectivity index (χ1) is 8.63. The number of methoxy groups -OCH3 is 1. The molecule has 5 nitrogen and oxygen atoms in total. The van der Waals surface area contributed by atoms with Crippen LogP contribution in [0, 0.1) is 5.82 Å². The van der Waals surface area contributed by atoms with E-state index in [-0.39, 0.29) is 22.6 Å². The second-order valence-electron chi connectivity index (χ2n) is 3.55. The van der Waals surface area contributed by atoms with Gasteiger partial charge in [0.2, 0.25) is 0 Å². The second kappa shape index (κ2) is 4.95. The SMILES string of the molecule is COc1c(F)cc(C(=O)O)cc1C1=COCCO1. The van der Waals surface area contributed by atoms with Gasteiger partial charge >= 0.3 is 5.97 Å². The van der Waals surface area contributed by atoms with Gasteiger partial charge in [-0.05, 0) is 12.1 Å². The molecule has 0 amide bonds. The minimum absolute atomic E-state index is 0.0725. The summed E-state index contributed by atoms with van der Waals surface area (Å²) in [5, 5.41) is 8.90. The molecule has 1 N–H and O–H groups in total. The highest BCUT2D eigenvalue weighted by Gasteiger charge is 2.20. The number of halogens is 1. The number of hydrogen-bond donors (Lipinski definition) is 1. The molecule has 1 aliphatic heterocycles. The molecule has 0 saturated heterocycles. The summed E-state index contributed by atoms with van der Waals surface area (Å²) < 4.78 is 29.0. The van der Waals surface area contributed by atoms with Crippen LogP contribution in [0.3, 0.4) is 0 Å². The summed E-state index contributed by atoms with van der Waals surface area (Å²) in [5.41, 5.74) is 0.0352. The molecular weight excluding hydrogens is 243 g/mol. The summed E-state index contributed by atoms with van der Waals surface area (Å²) in [5.74, 6) is -1.81. The molecule has 0 aromatic heterocycles. The standard InChI is InChI=1S/C12H11FO5/c1-16-11-8(10-6-17-2-3-18-10)4-7(12(14)15)5-9(11)13/h4-6H,2-3H2,1H3,(H,14,15). The van der Waals surface area contributed by atoms with E-state index in [1.54, 1.807) is 0 Å². The number of carboxylic acid groups (broad SMARTS) is 1. The summed E-state index contributed by atoms with van der Waals surface area (Å²) in [6.45, 7) is 0.709. The van der Waals surface area contributed by atoms with Crippen LogP contribution < -0.4 is 4.74 Å². The number of rotatable bonds is 3. The molecule has 0 radical (unpaired) electrons. The van der Waals surface area contributed by atoms with Gasteiger partial charge in [0, 0.05) is 0 Å². The van der Waals surface area contributed by atoms with Crippen molar-refractivity contribution >= 4 is 11.7 Å². The Balaban J connectivity index is 2.55. The molecule has 0 saturated carbocycles. The summed E-state index contributed by atoms with van der Waals surface area (Å²) in [6, 6.07) is 2.18. The molecule has 0 bridgehead atoms. The fourth-order valence-corrected chi connectivity index (χ4v) is 1.62. The highest BCUT2D eigenvalue weighted by Crippen LogP contribution is 2.32. The Kier molecular flexibility index (Phi) is 3.36. The highest BCUT2D eigenvalue weighted by molar-refractivity contribution is 5.89. The number of carbonyl (C=O) groups is 1. The molecule has 0 atom stereocenters. The van der Waals surface area contributed by atoms with E-state index in [0.717, 1.165) is 6.07 Å². The van der Waals surface area contributed by atoms with Crippen molar-refractivity contribution in [3.63, 3.8) is 0 Å². The first-order valence-corrected chi connectivity index (χ1v) is 5.19. The molecule has 0 unspecified atom stereocenters. The van der Waals surface area contributed by atoms with Gasteiger partial charge < -0.3 is 19.3 Å². The van der Waals surface area contributed by atoms with Crippen LogP contribution in [0.2, 0.25) is 0 Å². The number of hydrogen-bond acceptors (Lipinski definition) is 4. The third kappa shape index (κ3) is 2.22. The van der Waals surface area contributed by atoms with Crippen LogP contribution >= 0.6 is 0 Å². The van der Waals surface area contributed by atoms with Crippen molar-refractivity contribution in [2.24, 2.45) is 0 Å². The van der Waals surface area contributed by atoms with E-state index in [2.05, 4.69) is 0 Å². The molecule has 0 spiro atoms. The van der Waals surface area contributed by atoms with E-state index < -0.39 is 11.8 Å². The summed E-state index contributed by atoms with van der Waals surface area (Å²) in [7, 11) is 1.30. The molecule has 6 heteroatoms. The van der Waals surface area contributed by atoms with E-state index in [1.165, 1.54) is 19.4 Å². The van der Waals surface area contributed by atoms with E-state index >= 15 is 0 Å². The number of aromatic carboxylic acids is 1. The molecule has 2 rings (SSSR count). The van der Waals surface area contributed by atoms with Crippen LogP contribution in [0.1, 0.15) is 15.9 Å². The maximum Gasteiger partial charge on any atom is 0.335 e. The molecular formula is C12H11FO5. The van der Waals surface area contributed by atoms with Gasteiger partial charge in [-0.3, -0.25) is 0 Å². The van der Waals surface area contributed by atoms with Crippen LogP contribution in [0.4, 0.5) is 4.39 Å². The smallest absolute Gasteiger partial charge is 0.335 e. The minimum atomic E-state index is -1.23. The van der Waals surface area contributed by atoms with Crippen molar-refractivity contribution in [2.75, 3.05) is 20.3 Å². The third-order valence-electron chi connectivity index (χ3n) is 2.41. The van der Waals surface area contributed by atoms with Gasteiger partial charge in [-0.15, -0.1) is 0 Å². The lowest BCUT2D eigenvalue weighted by atomic mass is 10.1. The highest BCUT2D eigenvalue weighted by atomic mass is 19.1. The van der Waals surface area contributed by atoms with Crippen molar-refractivity contribution in [2.45, 2.75) is 0 Å². The molecule has 1 aliphatic rings. The summed E-state index contributed by atoms with van der Waals surface area (Å²) in [6.07, 6.45) is 1.31. The first-order valence-electron chi connectivity index (χ1n) is 5.19. The van der Waals surface area contributed by atoms with Crippen LogP contribution in [-0.4, -0.2) is 31.4 Å². The zero-order chi connectivity index (χ0) is 13.1. The van der Waals surface area contributed by atoms with E-state index in [4.69, 9.17) is 19.3 Å². The molecule has 18 heavy (non-hydrogen) atoms. The minimum Gasteiger partial charge on any atom is -0.494 e. The molecule has 1 aromatic carbocycles.